The Morgan fingerprint density at radius 1 is 1.36 bits per heavy atom. The van der Waals surface area contributed by atoms with E-state index in [1.165, 1.54) is 0 Å². The van der Waals surface area contributed by atoms with Gasteiger partial charge in [0.15, 0.2) is 0 Å². The van der Waals surface area contributed by atoms with Crippen molar-refractivity contribution in [2.75, 3.05) is 0 Å². The van der Waals surface area contributed by atoms with E-state index in [0.29, 0.717) is 5.92 Å². The summed E-state index contributed by atoms with van der Waals surface area (Å²) >= 11 is 0. The molecule has 2 aliphatic carbocycles. The van der Waals surface area contributed by atoms with Crippen molar-refractivity contribution in [3.05, 3.63) is 48.0 Å². The van der Waals surface area contributed by atoms with Crippen LogP contribution in [0.2, 0.25) is 0 Å². The maximum Gasteiger partial charge on any atom is 0.122 e. The molecule has 0 spiro atoms. The van der Waals surface area contributed by atoms with Crippen molar-refractivity contribution in [3.8, 4) is 0 Å². The summed E-state index contributed by atoms with van der Waals surface area (Å²) in [7, 11) is 0. The molecule has 0 N–H and O–H groups in total. The first-order chi connectivity index (χ1) is 6.84. The fraction of sp³-hybridized carbons (Fsp3) is 0.385. The van der Waals surface area contributed by atoms with Crippen LogP contribution < -0.4 is 0 Å². The van der Waals surface area contributed by atoms with E-state index in [1.54, 1.807) is 0 Å². The summed E-state index contributed by atoms with van der Waals surface area (Å²) in [6, 6.07) is 0. The Balaban J connectivity index is 1.97. The van der Waals surface area contributed by atoms with Crippen molar-refractivity contribution in [2.45, 2.75) is 26.2 Å². The van der Waals surface area contributed by atoms with E-state index in [4.69, 9.17) is 4.74 Å². The molecule has 0 radical (unpaired) electrons. The summed E-state index contributed by atoms with van der Waals surface area (Å²) in [4.78, 5) is 0. The molecule has 0 aliphatic heterocycles. The van der Waals surface area contributed by atoms with Gasteiger partial charge in [0.25, 0.3) is 0 Å². The molecule has 2 rings (SSSR count). The Morgan fingerprint density at radius 3 is 3.00 bits per heavy atom. The first kappa shape index (κ1) is 9.32. The molecule has 0 amide bonds. The summed E-state index contributed by atoms with van der Waals surface area (Å²) < 4.78 is 5.79. The second-order valence-corrected chi connectivity index (χ2v) is 3.89. The highest BCUT2D eigenvalue weighted by molar-refractivity contribution is 5.22. The quantitative estimate of drug-likeness (QED) is 0.641. The third-order valence-corrected chi connectivity index (χ3v) is 2.45. The number of rotatable bonds is 2. The smallest absolute Gasteiger partial charge is 0.122 e. The molecule has 2 aliphatic rings. The predicted octanol–water partition coefficient (Wildman–Crippen LogP) is 3.72. The van der Waals surface area contributed by atoms with Crippen LogP contribution in [0.1, 0.15) is 26.2 Å². The average Bonchev–Trinajstić information content (AvgIpc) is 2.19. The van der Waals surface area contributed by atoms with Gasteiger partial charge in [0.1, 0.15) is 11.5 Å². The van der Waals surface area contributed by atoms with Crippen molar-refractivity contribution < 1.29 is 4.74 Å². The van der Waals surface area contributed by atoms with Gasteiger partial charge in [-0.3, -0.25) is 0 Å². The van der Waals surface area contributed by atoms with Crippen LogP contribution in [-0.4, -0.2) is 0 Å². The molecule has 0 saturated carbocycles. The van der Waals surface area contributed by atoms with E-state index in [1.807, 2.05) is 0 Å². The topological polar surface area (TPSA) is 9.23 Å². The summed E-state index contributed by atoms with van der Waals surface area (Å²) in [5.74, 6) is 2.69. The molecular formula is C13H16O. The molecule has 0 fully saturated rings. The maximum atomic E-state index is 5.79. The molecule has 0 saturated heterocycles. The minimum Gasteiger partial charge on any atom is -0.462 e. The minimum absolute atomic E-state index is 0.600. The second-order valence-electron chi connectivity index (χ2n) is 3.89. The van der Waals surface area contributed by atoms with Gasteiger partial charge in [0, 0.05) is 6.42 Å². The highest BCUT2D eigenvalue weighted by Crippen LogP contribution is 2.23. The molecule has 1 nitrogen and oxygen atoms in total. The number of hydrogen-bond acceptors (Lipinski definition) is 1. The zero-order valence-corrected chi connectivity index (χ0v) is 8.57. The third-order valence-electron chi connectivity index (χ3n) is 2.45. The summed E-state index contributed by atoms with van der Waals surface area (Å²) in [5.41, 5.74) is 0. The van der Waals surface area contributed by atoms with Crippen LogP contribution >= 0.6 is 0 Å². The van der Waals surface area contributed by atoms with Crippen molar-refractivity contribution in [2.24, 2.45) is 5.92 Å². The van der Waals surface area contributed by atoms with Crippen molar-refractivity contribution in [3.63, 3.8) is 0 Å². The standard InChI is InChI=1S/C13H16O/c1-11-6-5-9-13(10-11)14-12-7-3-2-4-8-12/h3,5-9,11H,2,4,10H2,1H3/t11-/m0/s1. The molecule has 74 valence electrons. The molecule has 0 aromatic rings. The van der Waals surface area contributed by atoms with Gasteiger partial charge in [-0.05, 0) is 37.0 Å². The first-order valence-electron chi connectivity index (χ1n) is 5.26. The average molecular weight is 188 g/mol. The van der Waals surface area contributed by atoms with Crippen LogP contribution in [0.5, 0.6) is 0 Å². The SMILES string of the molecule is C[C@H]1C=CC=C(OC2=CCCC=C2)C1. The molecule has 0 aromatic carbocycles. The van der Waals surface area contributed by atoms with E-state index in [2.05, 4.69) is 43.4 Å². The Labute approximate surface area is 85.5 Å². The fourth-order valence-electron chi connectivity index (χ4n) is 1.70. The van der Waals surface area contributed by atoms with Crippen molar-refractivity contribution in [1.29, 1.82) is 0 Å². The highest BCUT2D eigenvalue weighted by Gasteiger charge is 2.09. The van der Waals surface area contributed by atoms with Gasteiger partial charge in [-0.25, -0.2) is 0 Å². The lowest BCUT2D eigenvalue weighted by molar-refractivity contribution is 0.290. The summed E-state index contributed by atoms with van der Waals surface area (Å²) in [6.45, 7) is 2.21. The van der Waals surface area contributed by atoms with Gasteiger partial charge in [-0.1, -0.05) is 25.2 Å². The van der Waals surface area contributed by atoms with Crippen LogP contribution in [0.4, 0.5) is 0 Å². The Hall–Kier alpha value is -1.24. The van der Waals surface area contributed by atoms with E-state index in [9.17, 15) is 0 Å². The molecule has 14 heavy (non-hydrogen) atoms. The zero-order valence-electron chi connectivity index (χ0n) is 8.57. The molecular weight excluding hydrogens is 172 g/mol. The summed E-state index contributed by atoms with van der Waals surface area (Å²) in [6.07, 6.45) is 16.0. The third kappa shape index (κ3) is 2.38. The van der Waals surface area contributed by atoms with Crippen LogP contribution in [0, 0.1) is 5.92 Å². The largest absolute Gasteiger partial charge is 0.462 e. The number of ether oxygens (including phenoxy) is 1. The van der Waals surface area contributed by atoms with Crippen LogP contribution in [0.3, 0.4) is 0 Å². The molecule has 0 unspecified atom stereocenters. The Kier molecular flexibility index (Phi) is 2.87. The number of allylic oxidation sites excluding steroid dienone is 7. The molecule has 1 atom stereocenters. The van der Waals surface area contributed by atoms with Crippen molar-refractivity contribution >= 4 is 0 Å². The van der Waals surface area contributed by atoms with Gasteiger partial charge in [0.2, 0.25) is 0 Å². The molecule has 1 heteroatoms. The van der Waals surface area contributed by atoms with Gasteiger partial charge >= 0.3 is 0 Å². The minimum atomic E-state index is 0.600. The van der Waals surface area contributed by atoms with E-state index < -0.39 is 0 Å². The van der Waals surface area contributed by atoms with E-state index in [0.717, 1.165) is 30.8 Å². The van der Waals surface area contributed by atoms with E-state index >= 15 is 0 Å². The Morgan fingerprint density at radius 2 is 2.29 bits per heavy atom. The first-order valence-corrected chi connectivity index (χ1v) is 5.26. The fourth-order valence-corrected chi connectivity index (χ4v) is 1.70. The van der Waals surface area contributed by atoms with Crippen LogP contribution in [0.15, 0.2) is 48.0 Å². The lowest BCUT2D eigenvalue weighted by Gasteiger charge is -2.17. The zero-order chi connectivity index (χ0) is 9.80. The number of hydrogen-bond donors (Lipinski definition) is 0. The normalized spacial score (nSPS) is 25.6. The summed E-state index contributed by atoms with van der Waals surface area (Å²) in [5, 5.41) is 0. The monoisotopic (exact) mass is 188 g/mol. The lowest BCUT2D eigenvalue weighted by Crippen LogP contribution is -2.01. The molecule has 0 heterocycles. The predicted molar refractivity (Wildman–Crippen MR) is 58.5 cm³/mol. The van der Waals surface area contributed by atoms with Crippen molar-refractivity contribution in [1.82, 2.24) is 0 Å². The van der Waals surface area contributed by atoms with Gasteiger partial charge in [-0.2, -0.15) is 0 Å². The highest BCUT2D eigenvalue weighted by atomic mass is 16.5. The second kappa shape index (κ2) is 4.32. The van der Waals surface area contributed by atoms with Crippen LogP contribution in [-0.2, 0) is 4.74 Å². The van der Waals surface area contributed by atoms with Gasteiger partial charge in [0.05, 0.1) is 0 Å². The van der Waals surface area contributed by atoms with Gasteiger partial charge in [-0.15, -0.1) is 0 Å². The molecule has 0 aromatic heterocycles. The lowest BCUT2D eigenvalue weighted by atomic mass is 10.0. The Bertz CT molecular complexity index is 318. The van der Waals surface area contributed by atoms with E-state index in [-0.39, 0.29) is 0 Å². The van der Waals surface area contributed by atoms with Gasteiger partial charge < -0.3 is 4.74 Å². The molecule has 0 bridgehead atoms. The van der Waals surface area contributed by atoms with Crippen LogP contribution in [0.25, 0.3) is 0 Å². The maximum absolute atomic E-state index is 5.79.